The standard InChI is InChI=1S/C19H12ClF3N6/c20-14-7-12(27-15(10-26)11(8-24)9-25)5-6-17(14)29-16-4-2-1-3-13(16)18(28-29)19(21,22)23/h5-7,27H,1-4H2. The minimum absolute atomic E-state index is 0.104. The van der Waals surface area contributed by atoms with Gasteiger partial charge in [0.05, 0.1) is 10.7 Å². The molecule has 0 aliphatic heterocycles. The molecule has 2 aromatic rings. The van der Waals surface area contributed by atoms with Gasteiger partial charge in [0.15, 0.2) is 11.3 Å². The number of rotatable bonds is 3. The van der Waals surface area contributed by atoms with Crippen LogP contribution >= 0.6 is 11.6 Å². The zero-order chi connectivity index (χ0) is 21.2. The van der Waals surface area contributed by atoms with Gasteiger partial charge in [0, 0.05) is 16.9 Å². The van der Waals surface area contributed by atoms with Crippen molar-refractivity contribution in [3.63, 3.8) is 0 Å². The average Bonchev–Trinajstić information content (AvgIpc) is 3.08. The molecule has 1 aliphatic carbocycles. The molecule has 1 aliphatic rings. The number of fused-ring (bicyclic) bond motifs is 1. The van der Waals surface area contributed by atoms with Gasteiger partial charge in [0.1, 0.15) is 23.9 Å². The first-order chi connectivity index (χ1) is 13.8. The summed E-state index contributed by atoms with van der Waals surface area (Å²) in [5, 5.41) is 33.4. The van der Waals surface area contributed by atoms with E-state index in [2.05, 4.69) is 10.4 Å². The molecule has 146 valence electrons. The maximum Gasteiger partial charge on any atom is 0.435 e. The molecule has 1 N–H and O–H groups in total. The molecule has 0 bridgehead atoms. The topological polar surface area (TPSA) is 101 Å². The average molecular weight is 417 g/mol. The van der Waals surface area contributed by atoms with Crippen molar-refractivity contribution in [2.24, 2.45) is 0 Å². The normalized spacial score (nSPS) is 12.9. The molecule has 1 aromatic heterocycles. The number of nitrogens with zero attached hydrogens (tertiary/aromatic N) is 5. The Morgan fingerprint density at radius 3 is 2.38 bits per heavy atom. The highest BCUT2D eigenvalue weighted by Crippen LogP contribution is 2.38. The Kier molecular flexibility index (Phi) is 5.50. The third-order valence-electron chi connectivity index (χ3n) is 4.48. The second-order valence-corrected chi connectivity index (χ2v) is 6.67. The molecule has 3 rings (SSSR count). The van der Waals surface area contributed by atoms with Crippen molar-refractivity contribution >= 4 is 17.3 Å². The molecule has 10 heteroatoms. The summed E-state index contributed by atoms with van der Waals surface area (Å²) in [7, 11) is 0. The van der Waals surface area contributed by atoms with Crippen molar-refractivity contribution in [2.45, 2.75) is 31.9 Å². The van der Waals surface area contributed by atoms with Gasteiger partial charge >= 0.3 is 6.18 Å². The number of aromatic nitrogens is 2. The molecule has 6 nitrogen and oxygen atoms in total. The lowest BCUT2D eigenvalue weighted by molar-refractivity contribution is -0.142. The molecule has 0 amide bonds. The molecule has 0 fully saturated rings. The van der Waals surface area contributed by atoms with Crippen LogP contribution in [0.1, 0.15) is 29.8 Å². The maximum atomic E-state index is 13.4. The highest BCUT2D eigenvalue weighted by molar-refractivity contribution is 6.32. The summed E-state index contributed by atoms with van der Waals surface area (Å²) in [5.74, 6) is 0. The fraction of sp³-hybridized carbons (Fsp3) is 0.263. The summed E-state index contributed by atoms with van der Waals surface area (Å²) in [4.78, 5) is 0. The Morgan fingerprint density at radius 2 is 1.79 bits per heavy atom. The number of anilines is 1. The van der Waals surface area contributed by atoms with Gasteiger partial charge in [0.2, 0.25) is 0 Å². The summed E-state index contributed by atoms with van der Waals surface area (Å²) in [6.07, 6.45) is -2.36. The van der Waals surface area contributed by atoms with Crippen LogP contribution < -0.4 is 5.32 Å². The second kappa shape index (κ2) is 7.87. The van der Waals surface area contributed by atoms with E-state index in [9.17, 15) is 13.2 Å². The van der Waals surface area contributed by atoms with E-state index in [0.29, 0.717) is 30.6 Å². The van der Waals surface area contributed by atoms with Gasteiger partial charge in [0.25, 0.3) is 0 Å². The molecular weight excluding hydrogens is 405 g/mol. The number of nitrogens with one attached hydrogen (secondary N) is 1. The fourth-order valence-corrected chi connectivity index (χ4v) is 3.47. The van der Waals surface area contributed by atoms with Crippen LogP contribution in [0.25, 0.3) is 5.69 Å². The molecule has 0 saturated carbocycles. The van der Waals surface area contributed by atoms with Gasteiger partial charge < -0.3 is 5.32 Å². The summed E-state index contributed by atoms with van der Waals surface area (Å²) in [6.45, 7) is 0. The van der Waals surface area contributed by atoms with E-state index in [4.69, 9.17) is 27.4 Å². The van der Waals surface area contributed by atoms with Gasteiger partial charge in [-0.1, -0.05) is 11.6 Å². The number of benzene rings is 1. The van der Waals surface area contributed by atoms with E-state index >= 15 is 0 Å². The van der Waals surface area contributed by atoms with Crippen molar-refractivity contribution in [3.8, 4) is 23.9 Å². The van der Waals surface area contributed by atoms with Crippen molar-refractivity contribution in [1.29, 1.82) is 15.8 Å². The van der Waals surface area contributed by atoms with Crippen molar-refractivity contribution < 1.29 is 13.2 Å². The summed E-state index contributed by atoms with van der Waals surface area (Å²) < 4.78 is 41.4. The molecule has 0 radical (unpaired) electrons. The van der Waals surface area contributed by atoms with Crippen LogP contribution in [0.15, 0.2) is 29.5 Å². The van der Waals surface area contributed by atoms with Crippen LogP contribution in [0.3, 0.4) is 0 Å². The summed E-state index contributed by atoms with van der Waals surface area (Å²) in [6, 6.07) is 9.28. The lowest BCUT2D eigenvalue weighted by Crippen LogP contribution is -2.11. The van der Waals surface area contributed by atoms with Crippen LogP contribution in [0, 0.1) is 34.0 Å². The highest BCUT2D eigenvalue weighted by Gasteiger charge is 2.39. The second-order valence-electron chi connectivity index (χ2n) is 6.27. The van der Waals surface area contributed by atoms with Gasteiger partial charge in [-0.2, -0.15) is 34.1 Å². The minimum atomic E-state index is -4.56. The molecule has 0 atom stereocenters. The Hall–Kier alpha value is -3.48. The third kappa shape index (κ3) is 3.89. The minimum Gasteiger partial charge on any atom is -0.345 e. The lowest BCUT2D eigenvalue weighted by Gasteiger charge is -2.16. The van der Waals surface area contributed by atoms with Crippen LogP contribution in [0.4, 0.5) is 18.9 Å². The van der Waals surface area contributed by atoms with Gasteiger partial charge in [-0.05, 0) is 43.9 Å². The number of hydrogen-bond acceptors (Lipinski definition) is 5. The van der Waals surface area contributed by atoms with Crippen LogP contribution in [-0.2, 0) is 19.0 Å². The zero-order valence-electron chi connectivity index (χ0n) is 14.8. The van der Waals surface area contributed by atoms with Crippen molar-refractivity contribution in [2.75, 3.05) is 5.32 Å². The van der Waals surface area contributed by atoms with Gasteiger partial charge in [-0.15, -0.1) is 0 Å². The molecule has 29 heavy (non-hydrogen) atoms. The summed E-state index contributed by atoms with van der Waals surface area (Å²) in [5.41, 5.74) is -0.292. The predicted octanol–water partition coefficient (Wildman–Crippen LogP) is 4.66. The van der Waals surface area contributed by atoms with E-state index in [1.54, 1.807) is 18.2 Å². The molecule has 0 unspecified atom stereocenters. The molecular formula is C19H12ClF3N6. The SMILES string of the molecule is N#CC(C#N)=C(C#N)Nc1ccc(-n2nc(C(F)(F)F)c3c2CCCC3)c(Cl)c1. The van der Waals surface area contributed by atoms with Crippen molar-refractivity contribution in [3.05, 3.63) is 51.4 Å². The number of allylic oxidation sites excluding steroid dienone is 2. The number of nitriles is 3. The van der Waals surface area contributed by atoms with Crippen LogP contribution in [-0.4, -0.2) is 9.78 Å². The fourth-order valence-electron chi connectivity index (χ4n) is 3.21. The number of hydrogen-bond donors (Lipinski definition) is 1. The van der Waals surface area contributed by atoms with E-state index in [0.717, 1.165) is 6.42 Å². The Labute approximate surface area is 169 Å². The summed E-state index contributed by atoms with van der Waals surface area (Å²) >= 11 is 6.29. The molecule has 1 aromatic carbocycles. The van der Waals surface area contributed by atoms with Crippen LogP contribution in [0.5, 0.6) is 0 Å². The molecule has 0 spiro atoms. The first kappa shape index (κ1) is 20.3. The zero-order valence-corrected chi connectivity index (χ0v) is 15.6. The number of halogens is 4. The smallest absolute Gasteiger partial charge is 0.345 e. The van der Waals surface area contributed by atoms with E-state index in [1.807, 2.05) is 0 Å². The van der Waals surface area contributed by atoms with Crippen LogP contribution in [0.2, 0.25) is 5.02 Å². The maximum absolute atomic E-state index is 13.4. The van der Waals surface area contributed by atoms with Gasteiger partial charge in [-0.3, -0.25) is 0 Å². The highest BCUT2D eigenvalue weighted by atomic mass is 35.5. The molecule has 0 saturated heterocycles. The largest absolute Gasteiger partial charge is 0.435 e. The Balaban J connectivity index is 2.04. The Bertz CT molecular complexity index is 1110. The third-order valence-corrected chi connectivity index (χ3v) is 4.78. The van der Waals surface area contributed by atoms with E-state index in [-0.39, 0.29) is 22.0 Å². The molecule has 1 heterocycles. The first-order valence-electron chi connectivity index (χ1n) is 8.49. The van der Waals surface area contributed by atoms with E-state index < -0.39 is 17.4 Å². The quantitative estimate of drug-likeness (QED) is 0.733. The monoisotopic (exact) mass is 416 g/mol. The van der Waals surface area contributed by atoms with Crippen molar-refractivity contribution in [1.82, 2.24) is 9.78 Å². The first-order valence-corrected chi connectivity index (χ1v) is 8.87. The lowest BCUT2D eigenvalue weighted by atomic mass is 9.95. The predicted molar refractivity (Wildman–Crippen MR) is 97.7 cm³/mol. The van der Waals surface area contributed by atoms with Gasteiger partial charge in [-0.25, -0.2) is 4.68 Å². The van der Waals surface area contributed by atoms with E-state index in [1.165, 1.54) is 22.9 Å². The number of alkyl halides is 3. The Morgan fingerprint density at radius 1 is 1.10 bits per heavy atom.